The average molecular weight is 324 g/mol. The van der Waals surface area contributed by atoms with Gasteiger partial charge in [0, 0.05) is 17.7 Å². The Hall–Kier alpha value is -2.06. The van der Waals surface area contributed by atoms with Crippen LogP contribution < -0.4 is 5.32 Å². The predicted octanol–water partition coefficient (Wildman–Crippen LogP) is 1.55. The number of nitrogens with zero attached hydrogens (tertiary/aromatic N) is 4. The van der Waals surface area contributed by atoms with Crippen LogP contribution in [0.5, 0.6) is 0 Å². The van der Waals surface area contributed by atoms with E-state index >= 15 is 0 Å². The van der Waals surface area contributed by atoms with Gasteiger partial charge in [-0.25, -0.2) is 4.79 Å². The molecule has 0 unspecified atom stereocenters. The molecule has 0 aliphatic carbocycles. The molecule has 2 aromatic rings. The lowest BCUT2D eigenvalue weighted by Gasteiger charge is -2.20. The smallest absolute Gasteiger partial charge is 0.318 e. The molecule has 1 N–H and O–H groups in total. The highest BCUT2D eigenvalue weighted by atomic mass is 35.5. The maximum absolute atomic E-state index is 12.6. The minimum Gasteiger partial charge on any atom is -0.318 e. The lowest BCUT2D eigenvalue weighted by molar-refractivity contribution is -0.131. The van der Waals surface area contributed by atoms with Gasteiger partial charge in [-0.05, 0) is 19.1 Å². The summed E-state index contributed by atoms with van der Waals surface area (Å²) >= 11 is 6.92. The fourth-order valence-corrected chi connectivity index (χ4v) is 2.73. The number of carbonyl (C=O) groups excluding carboxylic acids is 2. The van der Waals surface area contributed by atoms with Crippen molar-refractivity contribution in [2.75, 3.05) is 0 Å². The highest BCUT2D eigenvalue weighted by Crippen LogP contribution is 2.29. The second-order valence-corrected chi connectivity index (χ2v) is 6.01. The van der Waals surface area contributed by atoms with Crippen LogP contribution in [0.2, 0.25) is 4.34 Å². The van der Waals surface area contributed by atoms with Crippen molar-refractivity contribution in [2.24, 2.45) is 0 Å². The molecule has 2 aromatic heterocycles. The van der Waals surface area contributed by atoms with Gasteiger partial charge in [-0.3, -0.25) is 14.7 Å². The molecule has 3 amide bonds. The van der Waals surface area contributed by atoms with Gasteiger partial charge in [0.25, 0.3) is 5.91 Å². The minimum atomic E-state index is -1.19. The van der Waals surface area contributed by atoms with Crippen molar-refractivity contribution >= 4 is 35.1 Å². The largest absolute Gasteiger partial charge is 0.325 e. The number of urea groups is 1. The van der Waals surface area contributed by atoms with Crippen LogP contribution in [-0.2, 0) is 16.9 Å². The highest BCUT2D eigenvalue weighted by molar-refractivity contribution is 7.10. The average Bonchev–Trinajstić information content (AvgIpc) is 2.98. The molecule has 21 heavy (non-hydrogen) atoms. The van der Waals surface area contributed by atoms with Gasteiger partial charge < -0.3 is 5.32 Å². The number of imide groups is 1. The molecular formula is C12H10ClN5O2S. The summed E-state index contributed by atoms with van der Waals surface area (Å²) in [5, 5.41) is 6.48. The second kappa shape index (κ2) is 5.05. The van der Waals surface area contributed by atoms with Crippen molar-refractivity contribution in [1.82, 2.24) is 24.8 Å². The van der Waals surface area contributed by atoms with E-state index in [-0.39, 0.29) is 6.54 Å². The molecular weight excluding hydrogens is 314 g/mol. The van der Waals surface area contributed by atoms with E-state index in [1.165, 1.54) is 0 Å². The van der Waals surface area contributed by atoms with Crippen molar-refractivity contribution in [1.29, 1.82) is 0 Å². The van der Waals surface area contributed by atoms with Crippen molar-refractivity contribution in [3.8, 4) is 0 Å². The molecule has 1 aliphatic heterocycles. The fourth-order valence-electron chi connectivity index (χ4n) is 2.11. The van der Waals surface area contributed by atoms with Gasteiger partial charge in [-0.1, -0.05) is 22.2 Å². The van der Waals surface area contributed by atoms with E-state index in [4.69, 9.17) is 11.6 Å². The number of amides is 3. The van der Waals surface area contributed by atoms with Crippen molar-refractivity contribution in [3.05, 3.63) is 40.1 Å². The molecule has 3 rings (SSSR count). The Labute approximate surface area is 129 Å². The topological polar surface area (TPSA) is 88.1 Å². The van der Waals surface area contributed by atoms with E-state index in [0.717, 1.165) is 16.4 Å². The summed E-state index contributed by atoms with van der Waals surface area (Å²) in [6.45, 7) is 1.61. The SMILES string of the molecule is C[C@@]1(c2ccccn2)NC(=O)N(Cc2nnsc2Cl)C1=O. The molecule has 108 valence electrons. The van der Waals surface area contributed by atoms with Crippen LogP contribution in [0.15, 0.2) is 24.4 Å². The number of aromatic nitrogens is 3. The van der Waals surface area contributed by atoms with Crippen molar-refractivity contribution in [3.63, 3.8) is 0 Å². The molecule has 0 radical (unpaired) electrons. The Morgan fingerprint density at radius 2 is 2.24 bits per heavy atom. The first-order chi connectivity index (χ1) is 10.0. The third-order valence-electron chi connectivity index (χ3n) is 3.27. The van der Waals surface area contributed by atoms with Crippen LogP contribution >= 0.6 is 23.1 Å². The van der Waals surface area contributed by atoms with Gasteiger partial charge in [-0.15, -0.1) is 5.10 Å². The van der Waals surface area contributed by atoms with Crippen LogP contribution in [0.4, 0.5) is 4.79 Å². The summed E-state index contributed by atoms with van der Waals surface area (Å²) in [6, 6.07) is 4.69. The molecule has 0 bridgehead atoms. The summed E-state index contributed by atoms with van der Waals surface area (Å²) in [4.78, 5) is 29.9. The van der Waals surface area contributed by atoms with Gasteiger partial charge in [-0.2, -0.15) is 0 Å². The first-order valence-electron chi connectivity index (χ1n) is 6.05. The molecule has 3 heterocycles. The van der Waals surface area contributed by atoms with Gasteiger partial charge in [0.15, 0.2) is 5.54 Å². The molecule has 9 heteroatoms. The monoisotopic (exact) mass is 323 g/mol. The lowest BCUT2D eigenvalue weighted by atomic mass is 9.97. The zero-order valence-electron chi connectivity index (χ0n) is 10.9. The van der Waals surface area contributed by atoms with Crippen LogP contribution in [0, 0.1) is 0 Å². The lowest BCUT2D eigenvalue weighted by Crippen LogP contribution is -2.41. The van der Waals surface area contributed by atoms with E-state index < -0.39 is 17.5 Å². The third kappa shape index (κ3) is 2.26. The third-order valence-corrected chi connectivity index (χ3v) is 4.25. The zero-order chi connectivity index (χ0) is 15.0. The molecule has 1 atom stereocenters. The fraction of sp³-hybridized carbons (Fsp3) is 0.250. The molecule has 0 aromatic carbocycles. The number of halogens is 1. The maximum atomic E-state index is 12.6. The maximum Gasteiger partial charge on any atom is 0.325 e. The summed E-state index contributed by atoms with van der Waals surface area (Å²) in [5.41, 5.74) is -0.308. The van der Waals surface area contributed by atoms with Gasteiger partial charge in [0.2, 0.25) is 0 Å². The number of pyridine rings is 1. The molecule has 1 fully saturated rings. The summed E-state index contributed by atoms with van der Waals surface area (Å²) in [5.74, 6) is -0.393. The molecule has 0 spiro atoms. The highest BCUT2D eigenvalue weighted by Gasteiger charge is 2.50. The Bertz CT molecular complexity index is 707. The van der Waals surface area contributed by atoms with Crippen LogP contribution in [0.25, 0.3) is 0 Å². The number of hydrogen-bond donors (Lipinski definition) is 1. The van der Waals surface area contributed by atoms with Gasteiger partial charge in [0.1, 0.15) is 10.0 Å². The Balaban J connectivity index is 1.91. The Morgan fingerprint density at radius 1 is 1.43 bits per heavy atom. The van der Waals surface area contributed by atoms with Crippen LogP contribution in [0.3, 0.4) is 0 Å². The van der Waals surface area contributed by atoms with E-state index in [1.54, 1.807) is 31.3 Å². The standard InChI is InChI=1S/C12H10ClN5O2S/c1-12(8-4-2-3-5-14-8)10(19)18(11(20)15-12)6-7-9(13)21-17-16-7/h2-5H,6H2,1H3,(H,15,20)/t12-/m0/s1. The normalized spacial score (nSPS) is 21.7. The van der Waals surface area contributed by atoms with E-state index in [9.17, 15) is 9.59 Å². The number of rotatable bonds is 3. The quantitative estimate of drug-likeness (QED) is 0.866. The molecule has 1 saturated heterocycles. The summed E-state index contributed by atoms with van der Waals surface area (Å²) < 4.78 is 4.05. The number of nitrogens with one attached hydrogen (secondary N) is 1. The zero-order valence-corrected chi connectivity index (χ0v) is 12.5. The molecule has 1 aliphatic rings. The van der Waals surface area contributed by atoms with E-state index in [0.29, 0.717) is 15.7 Å². The van der Waals surface area contributed by atoms with Crippen molar-refractivity contribution < 1.29 is 9.59 Å². The summed E-state index contributed by atoms with van der Waals surface area (Å²) in [6.07, 6.45) is 1.57. The summed E-state index contributed by atoms with van der Waals surface area (Å²) in [7, 11) is 0. The van der Waals surface area contributed by atoms with E-state index in [1.807, 2.05) is 0 Å². The van der Waals surface area contributed by atoms with Gasteiger partial charge in [0.05, 0.1) is 12.2 Å². The Morgan fingerprint density at radius 3 is 2.86 bits per heavy atom. The molecule has 7 nitrogen and oxygen atoms in total. The second-order valence-electron chi connectivity index (χ2n) is 4.65. The number of hydrogen-bond acceptors (Lipinski definition) is 6. The first-order valence-corrected chi connectivity index (χ1v) is 7.20. The first kappa shape index (κ1) is 13.9. The number of carbonyl (C=O) groups is 2. The van der Waals surface area contributed by atoms with Gasteiger partial charge >= 0.3 is 6.03 Å². The van der Waals surface area contributed by atoms with Crippen LogP contribution in [0.1, 0.15) is 18.3 Å². The predicted molar refractivity (Wildman–Crippen MR) is 75.6 cm³/mol. The van der Waals surface area contributed by atoms with Crippen LogP contribution in [-0.4, -0.2) is 31.4 Å². The molecule has 0 saturated carbocycles. The Kier molecular flexibility index (Phi) is 3.34. The van der Waals surface area contributed by atoms with E-state index in [2.05, 4.69) is 19.9 Å². The minimum absolute atomic E-state index is 0.0115. The van der Waals surface area contributed by atoms with Crippen molar-refractivity contribution in [2.45, 2.75) is 19.0 Å².